The van der Waals surface area contributed by atoms with E-state index >= 15 is 0 Å². The van der Waals surface area contributed by atoms with Gasteiger partial charge in [-0.1, -0.05) is 125 Å². The predicted octanol–water partition coefficient (Wildman–Crippen LogP) is 7.80. The number of carbonyl (C=O) groups is 4. The van der Waals surface area contributed by atoms with Crippen molar-refractivity contribution in [2.45, 2.75) is 64.5 Å². The molecule has 10 heteroatoms. The minimum atomic E-state index is -1.06. The molecule has 0 saturated carbocycles. The zero-order valence-corrected chi connectivity index (χ0v) is 28.7. The van der Waals surface area contributed by atoms with E-state index in [1.54, 1.807) is 13.8 Å². The first-order valence-electron chi connectivity index (χ1n) is 16.9. The smallest absolute Gasteiger partial charge is 0.407 e. The van der Waals surface area contributed by atoms with Crippen molar-refractivity contribution in [1.29, 1.82) is 0 Å². The molecule has 4 aromatic carbocycles. The first-order chi connectivity index (χ1) is 24.2. The SMILES string of the molecule is CC.CC[C@@H](NC(=O)OCC1c2ccccc2-c2ccccc21)C(=O)O.CC[C@@H](NC(=O)OCC1c2ccccc2-c2ccccc21)C(=O)O. The maximum Gasteiger partial charge on any atom is 0.407 e. The number of alkyl carbamates (subject to hydrolysis) is 2. The molecule has 2 atom stereocenters. The molecule has 50 heavy (non-hydrogen) atoms. The molecule has 4 N–H and O–H groups in total. The lowest BCUT2D eigenvalue weighted by Crippen LogP contribution is -2.40. The van der Waals surface area contributed by atoms with E-state index in [0.29, 0.717) is 12.8 Å². The highest BCUT2D eigenvalue weighted by Crippen LogP contribution is 2.45. The second-order valence-corrected chi connectivity index (χ2v) is 11.5. The van der Waals surface area contributed by atoms with Gasteiger partial charge in [0.05, 0.1) is 0 Å². The summed E-state index contributed by atoms with van der Waals surface area (Å²) in [6, 6.07) is 30.4. The summed E-state index contributed by atoms with van der Waals surface area (Å²) < 4.78 is 10.6. The van der Waals surface area contributed by atoms with Crippen molar-refractivity contribution in [3.63, 3.8) is 0 Å². The van der Waals surface area contributed by atoms with Gasteiger partial charge in [-0.15, -0.1) is 0 Å². The van der Waals surface area contributed by atoms with Gasteiger partial charge in [-0.25, -0.2) is 19.2 Å². The summed E-state index contributed by atoms with van der Waals surface area (Å²) in [4.78, 5) is 45.8. The number of carboxylic acids is 2. The zero-order valence-electron chi connectivity index (χ0n) is 28.7. The van der Waals surface area contributed by atoms with Crippen molar-refractivity contribution in [2.75, 3.05) is 13.2 Å². The number of rotatable bonds is 10. The van der Waals surface area contributed by atoms with Crippen LogP contribution in [0.2, 0.25) is 0 Å². The van der Waals surface area contributed by atoms with Crippen molar-refractivity contribution in [2.24, 2.45) is 0 Å². The molecule has 2 aliphatic carbocycles. The summed E-state index contributed by atoms with van der Waals surface area (Å²) in [6.07, 6.45) is -0.795. The Kier molecular flexibility index (Phi) is 13.1. The molecule has 4 aromatic rings. The molecule has 2 aliphatic rings. The van der Waals surface area contributed by atoms with Crippen molar-refractivity contribution in [3.8, 4) is 22.3 Å². The van der Waals surface area contributed by atoms with E-state index in [1.165, 1.54) is 0 Å². The van der Waals surface area contributed by atoms with Crippen LogP contribution in [0.25, 0.3) is 22.3 Å². The van der Waals surface area contributed by atoms with Gasteiger partial charge in [0.1, 0.15) is 25.3 Å². The molecule has 0 aliphatic heterocycles. The maximum absolute atomic E-state index is 11.9. The van der Waals surface area contributed by atoms with Gasteiger partial charge in [0.2, 0.25) is 0 Å². The number of carbonyl (C=O) groups excluding carboxylic acids is 2. The van der Waals surface area contributed by atoms with Crippen LogP contribution in [0.4, 0.5) is 9.59 Å². The van der Waals surface area contributed by atoms with Crippen LogP contribution in [0.3, 0.4) is 0 Å². The van der Waals surface area contributed by atoms with Gasteiger partial charge in [-0.2, -0.15) is 0 Å². The third kappa shape index (κ3) is 8.49. The fourth-order valence-electron chi connectivity index (χ4n) is 6.24. The monoisotopic (exact) mass is 680 g/mol. The third-order valence-electron chi connectivity index (χ3n) is 8.68. The summed E-state index contributed by atoms with van der Waals surface area (Å²) in [5.41, 5.74) is 9.10. The van der Waals surface area contributed by atoms with Crippen LogP contribution < -0.4 is 10.6 Å². The normalized spacial score (nSPS) is 13.3. The first kappa shape index (κ1) is 37.2. The molecular formula is C40H44N2O8. The van der Waals surface area contributed by atoms with E-state index in [-0.39, 0.29) is 25.0 Å². The van der Waals surface area contributed by atoms with Gasteiger partial charge >= 0.3 is 24.1 Å². The minimum Gasteiger partial charge on any atom is -0.480 e. The van der Waals surface area contributed by atoms with E-state index in [9.17, 15) is 19.2 Å². The van der Waals surface area contributed by atoms with Crippen molar-refractivity contribution in [3.05, 3.63) is 119 Å². The Morgan fingerprint density at radius 2 is 0.800 bits per heavy atom. The number of benzene rings is 4. The van der Waals surface area contributed by atoms with E-state index in [2.05, 4.69) is 34.9 Å². The summed E-state index contributed by atoms with van der Waals surface area (Å²) in [5.74, 6) is -2.20. The Balaban J connectivity index is 0.000000214. The maximum atomic E-state index is 11.9. The number of hydrogen-bond donors (Lipinski definition) is 4. The van der Waals surface area contributed by atoms with Gasteiger partial charge in [-0.05, 0) is 57.3 Å². The molecule has 0 saturated heterocycles. The number of hydrogen-bond acceptors (Lipinski definition) is 6. The summed E-state index contributed by atoms with van der Waals surface area (Å²) in [6.45, 7) is 7.75. The third-order valence-corrected chi connectivity index (χ3v) is 8.68. The molecule has 0 unspecified atom stereocenters. The van der Waals surface area contributed by atoms with E-state index in [0.717, 1.165) is 44.5 Å². The topological polar surface area (TPSA) is 151 Å². The highest BCUT2D eigenvalue weighted by Gasteiger charge is 2.31. The quantitative estimate of drug-likeness (QED) is 0.132. The molecule has 0 aromatic heterocycles. The molecule has 0 fully saturated rings. The lowest BCUT2D eigenvalue weighted by Gasteiger charge is -2.16. The highest BCUT2D eigenvalue weighted by molar-refractivity contribution is 5.82. The fourth-order valence-corrected chi connectivity index (χ4v) is 6.24. The van der Waals surface area contributed by atoms with Crippen LogP contribution in [0.1, 0.15) is 74.6 Å². The Morgan fingerprint density at radius 3 is 1.04 bits per heavy atom. The standard InChI is InChI=1S/2C19H19NO4.C2H6/c2*1-2-17(18(21)22)20-19(23)24-11-16-14-9-5-3-7-12(14)13-8-4-6-10-15(13)16;1-2/h2*3-10,16-17H,2,11H2,1H3,(H,20,23)(H,21,22);1-2H3/t2*17-;/m11./s1. The van der Waals surface area contributed by atoms with Crippen molar-refractivity contribution < 1.29 is 38.9 Å². The van der Waals surface area contributed by atoms with Crippen LogP contribution >= 0.6 is 0 Å². The minimum absolute atomic E-state index is 0.0342. The van der Waals surface area contributed by atoms with Gasteiger partial charge in [0.15, 0.2) is 0 Å². The summed E-state index contributed by atoms with van der Waals surface area (Å²) in [5, 5.41) is 22.7. The number of amides is 2. The second-order valence-electron chi connectivity index (χ2n) is 11.5. The number of ether oxygens (including phenoxy) is 2. The average molecular weight is 681 g/mol. The van der Waals surface area contributed by atoms with Crippen LogP contribution in [0.15, 0.2) is 97.1 Å². The largest absolute Gasteiger partial charge is 0.480 e. The predicted molar refractivity (Wildman–Crippen MR) is 191 cm³/mol. The first-order valence-corrected chi connectivity index (χ1v) is 16.9. The zero-order chi connectivity index (χ0) is 36.2. The average Bonchev–Trinajstić information content (AvgIpc) is 3.64. The fraction of sp³-hybridized carbons (Fsp3) is 0.300. The molecule has 0 spiro atoms. The van der Waals surface area contributed by atoms with Crippen molar-refractivity contribution >= 4 is 24.1 Å². The Labute approximate surface area is 292 Å². The molecular weight excluding hydrogens is 636 g/mol. The van der Waals surface area contributed by atoms with Crippen LogP contribution in [0.5, 0.6) is 0 Å². The van der Waals surface area contributed by atoms with E-state index < -0.39 is 36.2 Å². The van der Waals surface area contributed by atoms with E-state index in [1.807, 2.05) is 86.6 Å². The van der Waals surface area contributed by atoms with Gasteiger partial charge in [-0.3, -0.25) is 0 Å². The number of aliphatic carboxylic acids is 2. The molecule has 0 heterocycles. The Morgan fingerprint density at radius 1 is 0.540 bits per heavy atom. The van der Waals surface area contributed by atoms with Crippen LogP contribution in [-0.4, -0.2) is 59.6 Å². The Hall–Kier alpha value is -5.64. The second kappa shape index (κ2) is 17.7. The summed E-state index contributed by atoms with van der Waals surface area (Å²) in [7, 11) is 0. The lowest BCUT2D eigenvalue weighted by molar-refractivity contribution is -0.140. The van der Waals surface area contributed by atoms with Crippen LogP contribution in [0, 0.1) is 0 Å². The number of nitrogens with one attached hydrogen (secondary N) is 2. The molecule has 0 bridgehead atoms. The molecule has 262 valence electrons. The number of fused-ring (bicyclic) bond motifs is 6. The summed E-state index contributed by atoms with van der Waals surface area (Å²) >= 11 is 0. The van der Waals surface area contributed by atoms with E-state index in [4.69, 9.17) is 19.7 Å². The molecule has 10 nitrogen and oxygen atoms in total. The Bertz CT molecular complexity index is 1580. The van der Waals surface area contributed by atoms with Gasteiger partial charge in [0.25, 0.3) is 0 Å². The molecule has 6 rings (SSSR count). The lowest BCUT2D eigenvalue weighted by atomic mass is 9.98. The van der Waals surface area contributed by atoms with Crippen molar-refractivity contribution in [1.82, 2.24) is 10.6 Å². The number of carboxylic acid groups (broad SMARTS) is 2. The molecule has 0 radical (unpaired) electrons. The van der Waals surface area contributed by atoms with Gasteiger partial charge in [0, 0.05) is 11.8 Å². The van der Waals surface area contributed by atoms with Gasteiger partial charge < -0.3 is 30.3 Å². The highest BCUT2D eigenvalue weighted by atomic mass is 16.6. The molecule has 2 amide bonds. The van der Waals surface area contributed by atoms with Crippen LogP contribution in [-0.2, 0) is 19.1 Å².